The van der Waals surface area contributed by atoms with Crippen LogP contribution in [-0.4, -0.2) is 19.3 Å². The summed E-state index contributed by atoms with van der Waals surface area (Å²) in [5.74, 6) is -0.0199. The molecule has 1 aliphatic heterocycles. The predicted molar refractivity (Wildman–Crippen MR) is 84.2 cm³/mol. The van der Waals surface area contributed by atoms with Gasteiger partial charge in [0.15, 0.2) is 0 Å². The zero-order valence-corrected chi connectivity index (χ0v) is 12.7. The number of benzene rings is 1. The van der Waals surface area contributed by atoms with Crippen molar-refractivity contribution in [2.75, 3.05) is 6.54 Å². The van der Waals surface area contributed by atoms with E-state index in [1.54, 1.807) is 6.07 Å². The van der Waals surface area contributed by atoms with Crippen molar-refractivity contribution in [1.82, 2.24) is 5.32 Å². The first kappa shape index (κ1) is 14.1. The summed E-state index contributed by atoms with van der Waals surface area (Å²) in [4.78, 5) is 0. The first-order valence-corrected chi connectivity index (χ1v) is 8.05. The van der Waals surface area contributed by atoms with Crippen LogP contribution in [0.4, 0.5) is 4.39 Å². The molecule has 2 fully saturated rings. The minimum absolute atomic E-state index is 0.0199. The average molecular weight is 273 g/mol. The Labute approximate surface area is 122 Å². The molecule has 1 heterocycles. The zero-order chi connectivity index (χ0) is 14.2. The largest absolute Gasteiger partial charge is 0.311 e. The maximum absolute atomic E-state index is 13.9. The fourth-order valence-electron chi connectivity index (χ4n) is 3.32. The van der Waals surface area contributed by atoms with Gasteiger partial charge in [-0.25, -0.2) is 4.39 Å². The molecule has 3 heteroatoms. The van der Waals surface area contributed by atoms with Crippen molar-refractivity contribution in [2.24, 2.45) is 0 Å². The third-order valence-corrected chi connectivity index (χ3v) is 5.35. The van der Waals surface area contributed by atoms with E-state index in [0.717, 1.165) is 36.6 Å². The Kier molecular flexibility index (Phi) is 3.90. The summed E-state index contributed by atoms with van der Waals surface area (Å²) in [6, 6.07) is 6.44. The third kappa shape index (κ3) is 3.43. The molecule has 1 saturated heterocycles. The van der Waals surface area contributed by atoms with Crippen molar-refractivity contribution < 1.29 is 4.39 Å². The molecule has 1 nitrogen and oxygen atoms in total. The van der Waals surface area contributed by atoms with Crippen molar-refractivity contribution in [2.45, 2.75) is 63.5 Å². The molecule has 108 valence electrons. The molecule has 1 N–H and O–H groups in total. The molecular formula is C17H25BFN. The number of nitrogens with one attached hydrogen (secondary N) is 1. The van der Waals surface area contributed by atoms with Crippen molar-refractivity contribution in [3.05, 3.63) is 35.1 Å². The summed E-state index contributed by atoms with van der Waals surface area (Å²) in [5, 5.41) is 3.94. The first-order chi connectivity index (χ1) is 9.57. The summed E-state index contributed by atoms with van der Waals surface area (Å²) < 4.78 is 13.9. The fourth-order valence-corrected chi connectivity index (χ4v) is 3.32. The second-order valence-electron chi connectivity index (χ2n) is 7.17. The molecule has 1 unspecified atom stereocenters. The van der Waals surface area contributed by atoms with Crippen LogP contribution in [0.2, 0.25) is 18.0 Å². The minimum atomic E-state index is -0.0199. The van der Waals surface area contributed by atoms with E-state index in [9.17, 15) is 4.39 Å². The van der Waals surface area contributed by atoms with Crippen molar-refractivity contribution in [3.63, 3.8) is 0 Å². The van der Waals surface area contributed by atoms with Crippen LogP contribution >= 0.6 is 0 Å². The van der Waals surface area contributed by atoms with E-state index >= 15 is 0 Å². The highest BCUT2D eigenvalue weighted by molar-refractivity contribution is 6.63. The highest BCUT2D eigenvalue weighted by Crippen LogP contribution is 2.57. The Morgan fingerprint density at radius 2 is 2.10 bits per heavy atom. The third-order valence-electron chi connectivity index (χ3n) is 5.35. The van der Waals surface area contributed by atoms with E-state index in [1.807, 2.05) is 19.1 Å². The van der Waals surface area contributed by atoms with Crippen LogP contribution in [-0.2, 0) is 6.42 Å². The molecule has 1 aliphatic carbocycles. The SMILES string of the molecule is Cc1ccc(CCB(CCC2CN2)C2(C)CC2)c(F)c1. The Hall–Kier alpha value is -0.825. The van der Waals surface area contributed by atoms with Gasteiger partial charge in [0, 0.05) is 12.6 Å². The number of aryl methyl sites for hydroxylation is 2. The second-order valence-corrected chi connectivity index (χ2v) is 7.17. The van der Waals surface area contributed by atoms with Crippen LogP contribution in [0.1, 0.15) is 37.3 Å². The Bertz CT molecular complexity index is 480. The van der Waals surface area contributed by atoms with E-state index < -0.39 is 0 Å². The molecule has 2 aliphatic rings. The van der Waals surface area contributed by atoms with Gasteiger partial charge in [-0.3, -0.25) is 0 Å². The summed E-state index contributed by atoms with van der Waals surface area (Å²) >= 11 is 0. The number of hydrogen-bond donors (Lipinski definition) is 1. The van der Waals surface area contributed by atoms with Crippen LogP contribution in [0.25, 0.3) is 0 Å². The Morgan fingerprint density at radius 1 is 1.35 bits per heavy atom. The lowest BCUT2D eigenvalue weighted by atomic mass is 9.34. The number of hydrogen-bond acceptors (Lipinski definition) is 1. The van der Waals surface area contributed by atoms with E-state index in [4.69, 9.17) is 0 Å². The molecule has 0 spiro atoms. The summed E-state index contributed by atoms with van der Waals surface area (Å²) in [5.41, 5.74) is 1.91. The number of rotatable bonds is 7. The summed E-state index contributed by atoms with van der Waals surface area (Å²) in [7, 11) is 0. The second kappa shape index (κ2) is 5.52. The quantitative estimate of drug-likeness (QED) is 0.586. The van der Waals surface area contributed by atoms with E-state index in [2.05, 4.69) is 12.2 Å². The highest BCUT2D eigenvalue weighted by Gasteiger charge is 2.46. The van der Waals surface area contributed by atoms with Gasteiger partial charge < -0.3 is 5.32 Å². The molecule has 0 bridgehead atoms. The molecule has 0 aromatic heterocycles. The van der Waals surface area contributed by atoms with E-state index in [0.29, 0.717) is 5.31 Å². The average Bonchev–Trinajstić information content (AvgIpc) is 3.29. The number of halogens is 1. The van der Waals surface area contributed by atoms with Crippen molar-refractivity contribution >= 4 is 6.71 Å². The summed E-state index contributed by atoms with van der Waals surface area (Å²) in [6.45, 7) is 6.34. The lowest BCUT2D eigenvalue weighted by Crippen LogP contribution is -2.21. The van der Waals surface area contributed by atoms with Crippen LogP contribution in [0.5, 0.6) is 0 Å². The molecule has 20 heavy (non-hydrogen) atoms. The molecule has 0 radical (unpaired) electrons. The first-order valence-electron chi connectivity index (χ1n) is 8.05. The Balaban J connectivity index is 1.57. The monoisotopic (exact) mass is 273 g/mol. The van der Waals surface area contributed by atoms with Crippen LogP contribution in [0, 0.1) is 12.7 Å². The lowest BCUT2D eigenvalue weighted by Gasteiger charge is -2.20. The Morgan fingerprint density at radius 3 is 2.70 bits per heavy atom. The van der Waals surface area contributed by atoms with Crippen LogP contribution < -0.4 is 5.32 Å². The molecule has 3 rings (SSSR count). The fraction of sp³-hybridized carbons (Fsp3) is 0.647. The minimum Gasteiger partial charge on any atom is -0.311 e. The highest BCUT2D eigenvalue weighted by atomic mass is 19.1. The molecule has 0 amide bonds. The maximum atomic E-state index is 13.9. The van der Waals surface area contributed by atoms with Gasteiger partial charge in [-0.2, -0.15) is 0 Å². The van der Waals surface area contributed by atoms with Crippen molar-refractivity contribution in [3.8, 4) is 0 Å². The zero-order valence-electron chi connectivity index (χ0n) is 12.7. The molecule has 1 atom stereocenters. The van der Waals surface area contributed by atoms with Gasteiger partial charge in [-0.05, 0) is 37.0 Å². The van der Waals surface area contributed by atoms with Crippen LogP contribution in [0.3, 0.4) is 0 Å². The summed E-state index contributed by atoms with van der Waals surface area (Å²) in [6.07, 6.45) is 7.38. The molecular weight excluding hydrogens is 248 g/mol. The van der Waals surface area contributed by atoms with E-state index in [-0.39, 0.29) is 5.82 Å². The molecule has 1 aromatic rings. The van der Waals surface area contributed by atoms with Gasteiger partial charge in [-0.15, -0.1) is 0 Å². The lowest BCUT2D eigenvalue weighted by molar-refractivity contribution is 0.610. The molecule has 1 saturated carbocycles. The van der Waals surface area contributed by atoms with Gasteiger partial charge in [0.1, 0.15) is 12.5 Å². The van der Waals surface area contributed by atoms with Gasteiger partial charge in [0.05, 0.1) is 0 Å². The standard InChI is InChI=1S/C17H25BFN/c1-13-3-4-14(16(19)11-13)5-9-18(17(2)7-8-17)10-6-15-12-20-15/h3-4,11,15,20H,5-10,12H2,1-2H3. The van der Waals surface area contributed by atoms with Crippen LogP contribution in [0.15, 0.2) is 18.2 Å². The van der Waals surface area contributed by atoms with E-state index in [1.165, 1.54) is 32.1 Å². The van der Waals surface area contributed by atoms with Gasteiger partial charge >= 0.3 is 0 Å². The smallest absolute Gasteiger partial charge is 0.146 e. The molecule has 1 aromatic carbocycles. The van der Waals surface area contributed by atoms with Gasteiger partial charge in [0.25, 0.3) is 0 Å². The maximum Gasteiger partial charge on any atom is 0.146 e. The van der Waals surface area contributed by atoms with Crippen molar-refractivity contribution in [1.29, 1.82) is 0 Å². The van der Waals surface area contributed by atoms with Gasteiger partial charge in [0.2, 0.25) is 0 Å². The normalized spacial score (nSPS) is 22.6. The topological polar surface area (TPSA) is 21.9 Å². The predicted octanol–water partition coefficient (Wildman–Crippen LogP) is 4.09. The van der Waals surface area contributed by atoms with Gasteiger partial charge in [-0.1, -0.05) is 49.9 Å².